The Bertz CT molecular complexity index is 312. The van der Waals surface area contributed by atoms with Gasteiger partial charge < -0.3 is 5.73 Å². The summed E-state index contributed by atoms with van der Waals surface area (Å²) in [6.07, 6.45) is 3.87. The Balaban J connectivity index is 1.73. The SMILES string of the molecule is CC1C(N)CCC1CCSc1ccccc1. The third-order valence-electron chi connectivity index (χ3n) is 3.79. The number of hydrogen-bond acceptors (Lipinski definition) is 2. The van der Waals surface area contributed by atoms with E-state index in [0.29, 0.717) is 6.04 Å². The van der Waals surface area contributed by atoms with Gasteiger partial charge in [-0.3, -0.25) is 0 Å². The van der Waals surface area contributed by atoms with Crippen LogP contribution in [0.2, 0.25) is 0 Å². The van der Waals surface area contributed by atoms with E-state index in [1.807, 2.05) is 11.8 Å². The quantitative estimate of drug-likeness (QED) is 0.808. The number of thioether (sulfide) groups is 1. The normalized spacial score (nSPS) is 29.5. The Hall–Kier alpha value is -0.470. The Labute approximate surface area is 103 Å². The molecule has 0 radical (unpaired) electrons. The van der Waals surface area contributed by atoms with E-state index in [2.05, 4.69) is 37.3 Å². The summed E-state index contributed by atoms with van der Waals surface area (Å²) < 4.78 is 0. The minimum atomic E-state index is 0.451. The number of hydrogen-bond donors (Lipinski definition) is 1. The van der Waals surface area contributed by atoms with Crippen LogP contribution < -0.4 is 5.73 Å². The monoisotopic (exact) mass is 235 g/mol. The summed E-state index contributed by atoms with van der Waals surface area (Å²) in [5, 5.41) is 0. The van der Waals surface area contributed by atoms with Crippen molar-refractivity contribution in [2.24, 2.45) is 17.6 Å². The molecular weight excluding hydrogens is 214 g/mol. The molecule has 0 aromatic heterocycles. The summed E-state index contributed by atoms with van der Waals surface area (Å²) in [5.41, 5.74) is 6.04. The van der Waals surface area contributed by atoms with Crippen LogP contribution in [0.25, 0.3) is 0 Å². The molecule has 1 aliphatic rings. The van der Waals surface area contributed by atoms with E-state index in [0.717, 1.165) is 11.8 Å². The molecule has 0 amide bonds. The van der Waals surface area contributed by atoms with Gasteiger partial charge in [0.1, 0.15) is 0 Å². The molecule has 1 aliphatic carbocycles. The van der Waals surface area contributed by atoms with Crippen molar-refractivity contribution in [1.29, 1.82) is 0 Å². The Morgan fingerprint density at radius 2 is 2.00 bits per heavy atom. The predicted octanol–water partition coefficient (Wildman–Crippen LogP) is 3.54. The first-order chi connectivity index (χ1) is 7.77. The average molecular weight is 235 g/mol. The number of nitrogens with two attached hydrogens (primary N) is 1. The smallest absolute Gasteiger partial charge is 0.00719 e. The standard InChI is InChI=1S/C14H21NS/c1-11-12(7-8-14(11)15)9-10-16-13-5-3-2-4-6-13/h2-6,11-12,14H,7-10,15H2,1H3. The van der Waals surface area contributed by atoms with Crippen molar-refractivity contribution < 1.29 is 0 Å². The highest BCUT2D eigenvalue weighted by Crippen LogP contribution is 2.34. The molecule has 0 bridgehead atoms. The molecular formula is C14H21NS. The van der Waals surface area contributed by atoms with Gasteiger partial charge in [-0.15, -0.1) is 11.8 Å². The number of rotatable bonds is 4. The highest BCUT2D eigenvalue weighted by Gasteiger charge is 2.29. The highest BCUT2D eigenvalue weighted by atomic mass is 32.2. The summed E-state index contributed by atoms with van der Waals surface area (Å²) in [6.45, 7) is 2.31. The minimum Gasteiger partial charge on any atom is -0.327 e. The molecule has 3 unspecified atom stereocenters. The molecule has 2 N–H and O–H groups in total. The van der Waals surface area contributed by atoms with E-state index in [-0.39, 0.29) is 0 Å². The lowest BCUT2D eigenvalue weighted by Crippen LogP contribution is -2.25. The van der Waals surface area contributed by atoms with Crippen LogP contribution in [0.4, 0.5) is 0 Å². The molecule has 0 heterocycles. The van der Waals surface area contributed by atoms with Crippen molar-refractivity contribution >= 4 is 11.8 Å². The molecule has 2 rings (SSSR count). The van der Waals surface area contributed by atoms with Gasteiger partial charge in [-0.1, -0.05) is 25.1 Å². The molecule has 0 spiro atoms. The van der Waals surface area contributed by atoms with E-state index in [1.54, 1.807) is 0 Å². The molecule has 1 aromatic rings. The summed E-state index contributed by atoms with van der Waals surface area (Å²) in [5.74, 6) is 2.80. The topological polar surface area (TPSA) is 26.0 Å². The second-order valence-electron chi connectivity index (χ2n) is 4.81. The minimum absolute atomic E-state index is 0.451. The van der Waals surface area contributed by atoms with Crippen LogP contribution in [-0.4, -0.2) is 11.8 Å². The van der Waals surface area contributed by atoms with E-state index in [1.165, 1.54) is 29.9 Å². The van der Waals surface area contributed by atoms with Gasteiger partial charge in [0, 0.05) is 10.9 Å². The predicted molar refractivity (Wildman–Crippen MR) is 71.6 cm³/mol. The summed E-state index contributed by atoms with van der Waals surface area (Å²) in [4.78, 5) is 1.39. The molecule has 0 saturated heterocycles. The van der Waals surface area contributed by atoms with Gasteiger partial charge in [-0.25, -0.2) is 0 Å². The van der Waals surface area contributed by atoms with Crippen molar-refractivity contribution in [3.05, 3.63) is 30.3 Å². The Morgan fingerprint density at radius 1 is 1.25 bits per heavy atom. The van der Waals surface area contributed by atoms with Crippen LogP contribution >= 0.6 is 11.8 Å². The zero-order valence-electron chi connectivity index (χ0n) is 9.93. The lowest BCUT2D eigenvalue weighted by molar-refractivity contribution is 0.384. The van der Waals surface area contributed by atoms with Gasteiger partial charge in [0.05, 0.1) is 0 Å². The van der Waals surface area contributed by atoms with Gasteiger partial charge in [0.25, 0.3) is 0 Å². The largest absolute Gasteiger partial charge is 0.327 e. The lowest BCUT2D eigenvalue weighted by atomic mass is 9.94. The van der Waals surface area contributed by atoms with Crippen molar-refractivity contribution in [1.82, 2.24) is 0 Å². The third-order valence-corrected chi connectivity index (χ3v) is 4.84. The van der Waals surface area contributed by atoms with Crippen LogP contribution in [0.5, 0.6) is 0 Å². The Morgan fingerprint density at radius 3 is 2.62 bits per heavy atom. The molecule has 0 aliphatic heterocycles. The van der Waals surface area contributed by atoms with Crippen LogP contribution in [-0.2, 0) is 0 Å². The van der Waals surface area contributed by atoms with Crippen molar-refractivity contribution in [3.8, 4) is 0 Å². The zero-order chi connectivity index (χ0) is 11.4. The summed E-state index contributed by atoms with van der Waals surface area (Å²) >= 11 is 1.97. The van der Waals surface area contributed by atoms with Crippen LogP contribution in [0, 0.1) is 11.8 Å². The molecule has 3 atom stereocenters. The van der Waals surface area contributed by atoms with Gasteiger partial charge in [0.2, 0.25) is 0 Å². The van der Waals surface area contributed by atoms with Crippen molar-refractivity contribution in [2.75, 3.05) is 5.75 Å². The maximum atomic E-state index is 6.04. The molecule has 1 saturated carbocycles. The van der Waals surface area contributed by atoms with Gasteiger partial charge in [-0.2, -0.15) is 0 Å². The highest BCUT2D eigenvalue weighted by molar-refractivity contribution is 7.99. The van der Waals surface area contributed by atoms with E-state index in [4.69, 9.17) is 5.73 Å². The molecule has 1 aromatic carbocycles. The fraction of sp³-hybridized carbons (Fsp3) is 0.571. The molecule has 2 heteroatoms. The van der Waals surface area contributed by atoms with Gasteiger partial charge in [0.15, 0.2) is 0 Å². The first-order valence-electron chi connectivity index (χ1n) is 6.21. The first-order valence-corrected chi connectivity index (χ1v) is 7.19. The number of benzene rings is 1. The van der Waals surface area contributed by atoms with Gasteiger partial charge in [-0.05, 0) is 49.0 Å². The molecule has 1 fully saturated rings. The van der Waals surface area contributed by atoms with Crippen LogP contribution in [0.1, 0.15) is 26.2 Å². The summed E-state index contributed by atoms with van der Waals surface area (Å²) in [7, 11) is 0. The molecule has 1 nitrogen and oxygen atoms in total. The second-order valence-corrected chi connectivity index (χ2v) is 5.98. The van der Waals surface area contributed by atoms with E-state index in [9.17, 15) is 0 Å². The lowest BCUT2D eigenvalue weighted by Gasteiger charge is -2.17. The Kier molecular flexibility index (Phi) is 4.30. The average Bonchev–Trinajstić information content (AvgIpc) is 2.62. The zero-order valence-corrected chi connectivity index (χ0v) is 10.7. The fourth-order valence-corrected chi connectivity index (χ4v) is 3.54. The van der Waals surface area contributed by atoms with Crippen molar-refractivity contribution in [3.63, 3.8) is 0 Å². The maximum Gasteiger partial charge on any atom is 0.00719 e. The first kappa shape index (κ1) is 12.0. The third kappa shape index (κ3) is 3.02. The van der Waals surface area contributed by atoms with Crippen molar-refractivity contribution in [2.45, 2.75) is 37.1 Å². The molecule has 16 heavy (non-hydrogen) atoms. The fourth-order valence-electron chi connectivity index (χ4n) is 2.53. The second kappa shape index (κ2) is 5.74. The summed E-state index contributed by atoms with van der Waals surface area (Å²) in [6, 6.07) is 11.1. The van der Waals surface area contributed by atoms with E-state index < -0.39 is 0 Å². The van der Waals surface area contributed by atoms with Crippen LogP contribution in [0.15, 0.2) is 35.2 Å². The molecule has 88 valence electrons. The van der Waals surface area contributed by atoms with Crippen LogP contribution in [0.3, 0.4) is 0 Å². The van der Waals surface area contributed by atoms with E-state index >= 15 is 0 Å². The van der Waals surface area contributed by atoms with Gasteiger partial charge >= 0.3 is 0 Å². The maximum absolute atomic E-state index is 6.04.